The van der Waals surface area contributed by atoms with Crippen LogP contribution in [0.1, 0.15) is 5.56 Å². The van der Waals surface area contributed by atoms with Crippen molar-refractivity contribution in [3.63, 3.8) is 0 Å². The number of aromatic nitrogens is 1. The number of rotatable bonds is 2. The van der Waals surface area contributed by atoms with Crippen LogP contribution in [0.4, 0.5) is 5.69 Å². The molecule has 0 atom stereocenters. The van der Waals surface area contributed by atoms with Crippen LogP contribution in [0.25, 0.3) is 0 Å². The van der Waals surface area contributed by atoms with Crippen LogP contribution >= 0.6 is 23.1 Å². The normalized spacial score (nSPS) is 10.4. The van der Waals surface area contributed by atoms with Gasteiger partial charge >= 0.3 is 0 Å². The van der Waals surface area contributed by atoms with Crippen LogP contribution in [0.15, 0.2) is 39.0 Å². The standard InChI is InChI=1S/C10H10N2S2/c1-7-2-3-8(6-9(7)11)14-10-12-4-5-13-10/h2-6H,11H2,1H3. The third kappa shape index (κ3) is 2.08. The van der Waals surface area contributed by atoms with Crippen molar-refractivity contribution >= 4 is 28.8 Å². The molecule has 72 valence electrons. The molecule has 1 heterocycles. The maximum atomic E-state index is 5.82. The Labute approximate surface area is 91.2 Å². The number of aryl methyl sites for hydroxylation is 1. The highest BCUT2D eigenvalue weighted by molar-refractivity contribution is 8.01. The SMILES string of the molecule is Cc1ccc(Sc2nccs2)cc1N. The minimum atomic E-state index is 0.839. The van der Waals surface area contributed by atoms with Gasteiger partial charge in [0, 0.05) is 22.2 Å². The molecule has 0 saturated heterocycles. The van der Waals surface area contributed by atoms with Crippen LogP contribution in [0, 0.1) is 6.92 Å². The highest BCUT2D eigenvalue weighted by Crippen LogP contribution is 2.30. The van der Waals surface area contributed by atoms with Gasteiger partial charge in [-0.05, 0) is 24.6 Å². The van der Waals surface area contributed by atoms with Gasteiger partial charge in [0.2, 0.25) is 0 Å². The minimum absolute atomic E-state index is 0.839. The number of hydrogen-bond donors (Lipinski definition) is 1. The summed E-state index contributed by atoms with van der Waals surface area (Å²) < 4.78 is 1.05. The summed E-state index contributed by atoms with van der Waals surface area (Å²) in [4.78, 5) is 5.35. The number of hydrogen-bond acceptors (Lipinski definition) is 4. The van der Waals surface area contributed by atoms with Gasteiger partial charge in [-0.15, -0.1) is 11.3 Å². The Morgan fingerprint density at radius 2 is 2.29 bits per heavy atom. The maximum Gasteiger partial charge on any atom is 0.154 e. The monoisotopic (exact) mass is 222 g/mol. The van der Waals surface area contributed by atoms with Gasteiger partial charge in [0.25, 0.3) is 0 Å². The van der Waals surface area contributed by atoms with Crippen molar-refractivity contribution in [1.82, 2.24) is 4.98 Å². The van der Waals surface area contributed by atoms with Crippen molar-refractivity contribution in [1.29, 1.82) is 0 Å². The number of nitrogen functional groups attached to an aromatic ring is 1. The van der Waals surface area contributed by atoms with Crippen molar-refractivity contribution in [2.45, 2.75) is 16.2 Å². The summed E-state index contributed by atoms with van der Waals surface area (Å²) in [6, 6.07) is 6.09. The number of thiazole rings is 1. The maximum absolute atomic E-state index is 5.82. The van der Waals surface area contributed by atoms with Crippen LogP contribution in [0.2, 0.25) is 0 Å². The van der Waals surface area contributed by atoms with Crippen molar-refractivity contribution in [3.8, 4) is 0 Å². The molecule has 1 aromatic carbocycles. The molecule has 1 aromatic heterocycles. The van der Waals surface area contributed by atoms with Gasteiger partial charge in [-0.1, -0.05) is 17.8 Å². The number of nitrogens with zero attached hydrogens (tertiary/aromatic N) is 1. The molecule has 0 radical (unpaired) electrons. The molecule has 0 bridgehead atoms. The van der Waals surface area contributed by atoms with Gasteiger partial charge in [0.1, 0.15) is 0 Å². The van der Waals surface area contributed by atoms with Crippen LogP contribution in [0.5, 0.6) is 0 Å². The second-order valence-electron chi connectivity index (χ2n) is 2.92. The van der Waals surface area contributed by atoms with E-state index in [2.05, 4.69) is 11.1 Å². The Balaban J connectivity index is 2.22. The van der Waals surface area contributed by atoms with E-state index in [1.165, 1.54) is 0 Å². The smallest absolute Gasteiger partial charge is 0.154 e. The molecular weight excluding hydrogens is 212 g/mol. The van der Waals surface area contributed by atoms with Gasteiger partial charge in [0.15, 0.2) is 4.34 Å². The lowest BCUT2D eigenvalue weighted by Crippen LogP contribution is -1.88. The predicted molar refractivity (Wildman–Crippen MR) is 61.8 cm³/mol. The van der Waals surface area contributed by atoms with Crippen molar-refractivity contribution in [3.05, 3.63) is 35.3 Å². The third-order valence-corrected chi connectivity index (χ3v) is 3.74. The Hall–Kier alpha value is -1.00. The fraction of sp³-hybridized carbons (Fsp3) is 0.100. The first-order chi connectivity index (χ1) is 6.75. The second-order valence-corrected chi connectivity index (χ2v) is 5.13. The average molecular weight is 222 g/mol. The Morgan fingerprint density at radius 3 is 2.93 bits per heavy atom. The molecular formula is C10H10N2S2. The van der Waals surface area contributed by atoms with E-state index in [-0.39, 0.29) is 0 Å². The Kier molecular flexibility index (Phi) is 2.74. The van der Waals surface area contributed by atoms with E-state index >= 15 is 0 Å². The Morgan fingerprint density at radius 1 is 1.43 bits per heavy atom. The van der Waals surface area contributed by atoms with Crippen molar-refractivity contribution < 1.29 is 0 Å². The molecule has 0 saturated carbocycles. The fourth-order valence-corrected chi connectivity index (χ4v) is 2.69. The summed E-state index contributed by atoms with van der Waals surface area (Å²) >= 11 is 3.28. The first-order valence-corrected chi connectivity index (χ1v) is 5.89. The topological polar surface area (TPSA) is 38.9 Å². The molecule has 0 aliphatic rings. The average Bonchev–Trinajstić information content (AvgIpc) is 2.64. The first-order valence-electron chi connectivity index (χ1n) is 4.19. The second kappa shape index (κ2) is 4.02. The number of anilines is 1. The summed E-state index contributed by atoms with van der Waals surface area (Å²) in [5.74, 6) is 0. The first kappa shape index (κ1) is 9.55. The van der Waals surface area contributed by atoms with Gasteiger partial charge < -0.3 is 5.73 Å². The molecule has 2 aromatic rings. The molecule has 2 nitrogen and oxygen atoms in total. The molecule has 0 aliphatic carbocycles. The summed E-state index contributed by atoms with van der Waals surface area (Å²) in [6.45, 7) is 2.01. The third-order valence-electron chi connectivity index (χ3n) is 1.87. The van der Waals surface area contributed by atoms with Crippen LogP contribution in [-0.2, 0) is 0 Å². The predicted octanol–water partition coefficient (Wildman–Crippen LogP) is 3.18. The van der Waals surface area contributed by atoms with E-state index in [0.29, 0.717) is 0 Å². The number of benzene rings is 1. The zero-order valence-corrected chi connectivity index (χ0v) is 9.36. The Bertz CT molecular complexity index is 424. The molecule has 4 heteroatoms. The van der Waals surface area contributed by atoms with Crippen LogP contribution < -0.4 is 5.73 Å². The largest absolute Gasteiger partial charge is 0.398 e. The van der Waals surface area contributed by atoms with Crippen LogP contribution in [-0.4, -0.2) is 4.98 Å². The van der Waals surface area contributed by atoms with Crippen molar-refractivity contribution in [2.75, 3.05) is 5.73 Å². The minimum Gasteiger partial charge on any atom is -0.398 e. The summed E-state index contributed by atoms with van der Waals surface area (Å²) in [5, 5.41) is 1.97. The molecule has 0 fully saturated rings. The van der Waals surface area contributed by atoms with Crippen LogP contribution in [0.3, 0.4) is 0 Å². The highest BCUT2D eigenvalue weighted by atomic mass is 32.2. The molecule has 0 spiro atoms. The summed E-state index contributed by atoms with van der Waals surface area (Å²) in [6.07, 6.45) is 1.81. The van der Waals surface area contributed by atoms with E-state index in [1.807, 2.05) is 30.6 Å². The van der Waals surface area contributed by atoms with E-state index in [4.69, 9.17) is 5.73 Å². The number of nitrogens with two attached hydrogens (primary N) is 1. The van der Waals surface area contributed by atoms with Gasteiger partial charge in [0.05, 0.1) is 0 Å². The van der Waals surface area contributed by atoms with Gasteiger partial charge in [-0.2, -0.15) is 0 Å². The molecule has 0 unspecified atom stereocenters. The van der Waals surface area contributed by atoms with E-state index < -0.39 is 0 Å². The lowest BCUT2D eigenvalue weighted by molar-refractivity contribution is 1.24. The van der Waals surface area contributed by atoms with Gasteiger partial charge in [-0.3, -0.25) is 0 Å². The van der Waals surface area contributed by atoms with E-state index in [1.54, 1.807) is 23.1 Å². The summed E-state index contributed by atoms with van der Waals surface area (Å²) in [5.41, 5.74) is 7.78. The lowest BCUT2D eigenvalue weighted by atomic mass is 10.2. The fourth-order valence-electron chi connectivity index (χ4n) is 1.04. The van der Waals surface area contributed by atoms with E-state index in [0.717, 1.165) is 20.5 Å². The quantitative estimate of drug-likeness (QED) is 0.793. The van der Waals surface area contributed by atoms with E-state index in [9.17, 15) is 0 Å². The summed E-state index contributed by atoms with van der Waals surface area (Å²) in [7, 11) is 0. The van der Waals surface area contributed by atoms with Gasteiger partial charge in [-0.25, -0.2) is 4.98 Å². The van der Waals surface area contributed by atoms with Crippen molar-refractivity contribution in [2.24, 2.45) is 0 Å². The zero-order chi connectivity index (χ0) is 9.97. The molecule has 0 amide bonds. The zero-order valence-electron chi connectivity index (χ0n) is 7.73. The molecule has 14 heavy (non-hydrogen) atoms. The molecule has 2 N–H and O–H groups in total. The highest BCUT2D eigenvalue weighted by Gasteiger charge is 2.01. The molecule has 0 aliphatic heterocycles. The lowest BCUT2D eigenvalue weighted by Gasteiger charge is -2.02. The molecule has 2 rings (SSSR count).